The molecule has 0 radical (unpaired) electrons. The van der Waals surface area contributed by atoms with E-state index in [0.717, 1.165) is 6.54 Å². The molecule has 0 fully saturated rings. The molecular formula is C11H22N6O. The number of nitrogens with zero attached hydrogens (tertiary/aromatic N) is 4. The Hall–Kier alpha value is -1.63. The van der Waals surface area contributed by atoms with Gasteiger partial charge in [-0.2, -0.15) is 15.0 Å². The first kappa shape index (κ1) is 14.4. The van der Waals surface area contributed by atoms with Crippen molar-refractivity contribution in [1.82, 2.24) is 19.9 Å². The van der Waals surface area contributed by atoms with E-state index < -0.39 is 0 Å². The Bertz CT molecular complexity index is 382. The van der Waals surface area contributed by atoms with Crippen LogP contribution in [-0.4, -0.2) is 52.6 Å². The fraction of sp³-hybridized carbons (Fsp3) is 0.727. The third-order valence-electron chi connectivity index (χ3n) is 1.99. The second kappa shape index (κ2) is 6.34. The number of nitrogens with two attached hydrogens (primary N) is 1. The van der Waals surface area contributed by atoms with Gasteiger partial charge in [0, 0.05) is 12.6 Å². The Morgan fingerprint density at radius 3 is 2.44 bits per heavy atom. The van der Waals surface area contributed by atoms with E-state index in [0.29, 0.717) is 5.95 Å². The van der Waals surface area contributed by atoms with E-state index in [-0.39, 0.29) is 24.1 Å². The van der Waals surface area contributed by atoms with Crippen molar-refractivity contribution in [2.75, 3.05) is 31.7 Å². The molecule has 0 aliphatic heterocycles. The fourth-order valence-electron chi connectivity index (χ4n) is 1.51. The molecule has 1 aromatic rings. The summed E-state index contributed by atoms with van der Waals surface area (Å²) in [5.74, 6) is 0.590. The van der Waals surface area contributed by atoms with Crippen molar-refractivity contribution < 1.29 is 4.74 Å². The van der Waals surface area contributed by atoms with Crippen molar-refractivity contribution in [3.8, 4) is 6.01 Å². The van der Waals surface area contributed by atoms with Gasteiger partial charge in [0.25, 0.3) is 0 Å². The first-order valence-corrected chi connectivity index (χ1v) is 5.96. The van der Waals surface area contributed by atoms with E-state index in [9.17, 15) is 0 Å². The van der Waals surface area contributed by atoms with Crippen molar-refractivity contribution in [1.29, 1.82) is 0 Å². The van der Waals surface area contributed by atoms with Crippen molar-refractivity contribution in [2.45, 2.75) is 32.9 Å². The predicted octanol–water partition coefficient (Wildman–Crippen LogP) is 0.603. The van der Waals surface area contributed by atoms with Crippen molar-refractivity contribution in [2.24, 2.45) is 0 Å². The Balaban J connectivity index is 2.73. The lowest BCUT2D eigenvalue weighted by Gasteiger charge is -2.18. The molecule has 0 aliphatic rings. The molecule has 1 atom stereocenters. The molecule has 0 spiro atoms. The van der Waals surface area contributed by atoms with Gasteiger partial charge in [0.15, 0.2) is 0 Å². The molecule has 7 heteroatoms. The summed E-state index contributed by atoms with van der Waals surface area (Å²) in [5, 5.41) is 3.16. The van der Waals surface area contributed by atoms with Crippen LogP contribution in [0.25, 0.3) is 0 Å². The topological polar surface area (TPSA) is 89.2 Å². The molecule has 3 N–H and O–H groups in total. The van der Waals surface area contributed by atoms with E-state index in [1.165, 1.54) is 0 Å². The number of ether oxygens (including phenoxy) is 1. The third kappa shape index (κ3) is 5.13. The highest BCUT2D eigenvalue weighted by atomic mass is 16.5. The molecule has 1 rings (SSSR count). The van der Waals surface area contributed by atoms with Crippen LogP contribution in [0.5, 0.6) is 6.01 Å². The zero-order valence-electron chi connectivity index (χ0n) is 11.6. The highest BCUT2D eigenvalue weighted by molar-refractivity contribution is 5.33. The lowest BCUT2D eigenvalue weighted by Crippen LogP contribution is -2.30. The van der Waals surface area contributed by atoms with Gasteiger partial charge in [-0.15, -0.1) is 0 Å². The van der Waals surface area contributed by atoms with Crippen molar-refractivity contribution in [3.63, 3.8) is 0 Å². The van der Waals surface area contributed by atoms with Crippen molar-refractivity contribution in [3.05, 3.63) is 0 Å². The molecule has 0 bridgehead atoms. The van der Waals surface area contributed by atoms with E-state index >= 15 is 0 Å². The minimum absolute atomic E-state index is 0.00107. The number of rotatable bonds is 6. The number of nitrogens with one attached hydrogen (secondary N) is 1. The van der Waals surface area contributed by atoms with Crippen LogP contribution in [0.4, 0.5) is 11.9 Å². The minimum Gasteiger partial charge on any atom is -0.461 e. The van der Waals surface area contributed by atoms with Gasteiger partial charge in [0.2, 0.25) is 11.9 Å². The number of nitrogen functional groups attached to an aromatic ring is 1. The Labute approximate surface area is 108 Å². The average Bonchev–Trinajstić information content (AvgIpc) is 2.12. The summed E-state index contributed by atoms with van der Waals surface area (Å²) in [6.07, 6.45) is -0.00107. The Morgan fingerprint density at radius 1 is 1.22 bits per heavy atom. The fourth-order valence-corrected chi connectivity index (χ4v) is 1.51. The molecule has 0 saturated carbocycles. The third-order valence-corrected chi connectivity index (χ3v) is 1.99. The highest BCUT2D eigenvalue weighted by Crippen LogP contribution is 2.11. The minimum atomic E-state index is -0.00107. The van der Waals surface area contributed by atoms with Crippen LogP contribution in [0.2, 0.25) is 0 Å². The highest BCUT2D eigenvalue weighted by Gasteiger charge is 2.10. The van der Waals surface area contributed by atoms with Crippen molar-refractivity contribution >= 4 is 11.9 Å². The smallest absolute Gasteiger partial charge is 0.323 e. The number of aromatic nitrogens is 3. The van der Waals surface area contributed by atoms with Gasteiger partial charge in [-0.3, -0.25) is 0 Å². The molecule has 1 heterocycles. The molecule has 18 heavy (non-hydrogen) atoms. The molecule has 1 unspecified atom stereocenters. The molecule has 0 saturated heterocycles. The molecule has 1 aromatic heterocycles. The van der Waals surface area contributed by atoms with Gasteiger partial charge in [0.1, 0.15) is 0 Å². The quantitative estimate of drug-likeness (QED) is 0.768. The van der Waals surface area contributed by atoms with Crippen LogP contribution in [0.3, 0.4) is 0 Å². The standard InChI is InChI=1S/C11H22N6O/c1-7(2)18-11-15-9(12)14-10(16-11)13-8(3)6-17(4)5/h7-8H,6H2,1-5H3,(H3,12,13,14,15,16). The molecular weight excluding hydrogens is 232 g/mol. The van der Waals surface area contributed by atoms with Gasteiger partial charge in [0.05, 0.1) is 6.10 Å². The zero-order chi connectivity index (χ0) is 13.7. The summed E-state index contributed by atoms with van der Waals surface area (Å²) in [4.78, 5) is 14.2. The summed E-state index contributed by atoms with van der Waals surface area (Å²) in [6.45, 7) is 6.72. The van der Waals surface area contributed by atoms with Gasteiger partial charge in [-0.05, 0) is 34.9 Å². The molecule has 0 amide bonds. The van der Waals surface area contributed by atoms with Crippen LogP contribution in [0.1, 0.15) is 20.8 Å². The molecule has 0 aromatic carbocycles. The lowest BCUT2D eigenvalue weighted by molar-refractivity contribution is 0.222. The Kier molecular flexibility index (Phi) is 5.08. The summed E-state index contributed by atoms with van der Waals surface area (Å²) in [5.41, 5.74) is 5.62. The van der Waals surface area contributed by atoms with Crippen LogP contribution in [0.15, 0.2) is 0 Å². The summed E-state index contributed by atoms with van der Waals surface area (Å²) in [7, 11) is 4.01. The van der Waals surface area contributed by atoms with Crippen LogP contribution >= 0.6 is 0 Å². The number of anilines is 2. The van der Waals surface area contributed by atoms with Crippen LogP contribution in [0, 0.1) is 0 Å². The van der Waals surface area contributed by atoms with E-state index in [2.05, 4.69) is 25.2 Å². The maximum Gasteiger partial charge on any atom is 0.323 e. The number of likely N-dealkylation sites (N-methyl/N-ethyl adjacent to an activating group) is 1. The second-order valence-electron chi connectivity index (χ2n) is 4.77. The monoisotopic (exact) mass is 254 g/mol. The molecule has 7 nitrogen and oxygen atoms in total. The first-order chi connectivity index (χ1) is 8.36. The number of hydrogen-bond acceptors (Lipinski definition) is 7. The van der Waals surface area contributed by atoms with E-state index in [1.807, 2.05) is 34.9 Å². The Morgan fingerprint density at radius 2 is 1.89 bits per heavy atom. The van der Waals surface area contributed by atoms with Crippen LogP contribution < -0.4 is 15.8 Å². The summed E-state index contributed by atoms with van der Waals surface area (Å²) < 4.78 is 5.41. The zero-order valence-corrected chi connectivity index (χ0v) is 11.6. The van der Waals surface area contributed by atoms with Gasteiger partial charge in [-0.25, -0.2) is 0 Å². The first-order valence-electron chi connectivity index (χ1n) is 5.96. The maximum absolute atomic E-state index is 5.62. The predicted molar refractivity (Wildman–Crippen MR) is 71.6 cm³/mol. The van der Waals surface area contributed by atoms with E-state index in [4.69, 9.17) is 10.5 Å². The molecule has 102 valence electrons. The molecule has 0 aliphatic carbocycles. The van der Waals surface area contributed by atoms with Gasteiger partial charge < -0.3 is 20.7 Å². The second-order valence-corrected chi connectivity index (χ2v) is 4.77. The van der Waals surface area contributed by atoms with Gasteiger partial charge in [-0.1, -0.05) is 0 Å². The largest absolute Gasteiger partial charge is 0.461 e. The maximum atomic E-state index is 5.62. The lowest BCUT2D eigenvalue weighted by atomic mass is 10.3. The van der Waals surface area contributed by atoms with Gasteiger partial charge >= 0.3 is 6.01 Å². The summed E-state index contributed by atoms with van der Waals surface area (Å²) >= 11 is 0. The SMILES string of the molecule is CC(CN(C)C)Nc1nc(N)nc(OC(C)C)n1. The number of hydrogen-bond donors (Lipinski definition) is 2. The average molecular weight is 254 g/mol. The van der Waals surface area contributed by atoms with E-state index in [1.54, 1.807) is 0 Å². The van der Waals surface area contributed by atoms with Crippen LogP contribution in [-0.2, 0) is 0 Å². The normalized spacial score (nSPS) is 12.8. The summed E-state index contributed by atoms with van der Waals surface area (Å²) in [6, 6.07) is 0.450.